The summed E-state index contributed by atoms with van der Waals surface area (Å²) >= 11 is 0. The molecule has 1 aromatic carbocycles. The van der Waals surface area contributed by atoms with Crippen molar-refractivity contribution in [2.24, 2.45) is 0 Å². The van der Waals surface area contributed by atoms with E-state index in [0.717, 1.165) is 32.0 Å². The van der Waals surface area contributed by atoms with Gasteiger partial charge in [-0.1, -0.05) is 5.16 Å². The summed E-state index contributed by atoms with van der Waals surface area (Å²) in [5.41, 5.74) is 0.0555. The van der Waals surface area contributed by atoms with Crippen LogP contribution < -0.4 is 5.32 Å². The highest BCUT2D eigenvalue weighted by Crippen LogP contribution is 2.31. The first-order valence-electron chi connectivity index (χ1n) is 6.58. The maximum Gasteiger partial charge on any atom is 0.234 e. The van der Waals surface area contributed by atoms with E-state index in [2.05, 4.69) is 15.5 Å². The quantitative estimate of drug-likeness (QED) is 0.918. The number of benzene rings is 1. The molecule has 106 valence electrons. The molecule has 0 spiro atoms. The average Bonchev–Trinajstić information content (AvgIpc) is 2.89. The SMILES string of the molecule is CC1(c2nc(-c3cc(F)cc(F)c3)no2)CCCNC1. The van der Waals surface area contributed by atoms with Crippen LogP contribution in [0.2, 0.25) is 0 Å². The maximum atomic E-state index is 13.2. The van der Waals surface area contributed by atoms with Gasteiger partial charge in [0.1, 0.15) is 11.6 Å². The Labute approximate surface area is 115 Å². The topological polar surface area (TPSA) is 51.0 Å². The second kappa shape index (κ2) is 4.94. The zero-order chi connectivity index (χ0) is 14.2. The van der Waals surface area contributed by atoms with Crippen molar-refractivity contribution in [2.75, 3.05) is 13.1 Å². The molecule has 1 fully saturated rings. The normalized spacial score (nSPS) is 22.9. The number of nitrogens with zero attached hydrogens (tertiary/aromatic N) is 2. The van der Waals surface area contributed by atoms with E-state index in [1.165, 1.54) is 12.1 Å². The highest BCUT2D eigenvalue weighted by atomic mass is 19.1. The summed E-state index contributed by atoms with van der Waals surface area (Å²) in [6.45, 7) is 3.78. The number of halogens is 2. The molecule has 1 unspecified atom stereocenters. The lowest BCUT2D eigenvalue weighted by molar-refractivity contribution is 0.245. The van der Waals surface area contributed by atoms with Crippen molar-refractivity contribution < 1.29 is 13.3 Å². The molecule has 20 heavy (non-hydrogen) atoms. The van der Waals surface area contributed by atoms with Gasteiger partial charge in [-0.25, -0.2) is 8.78 Å². The zero-order valence-corrected chi connectivity index (χ0v) is 11.1. The van der Waals surface area contributed by atoms with Crippen molar-refractivity contribution in [3.63, 3.8) is 0 Å². The van der Waals surface area contributed by atoms with Crippen LogP contribution in [0.3, 0.4) is 0 Å². The van der Waals surface area contributed by atoms with Crippen molar-refractivity contribution >= 4 is 0 Å². The van der Waals surface area contributed by atoms with Crippen LogP contribution >= 0.6 is 0 Å². The fourth-order valence-corrected chi connectivity index (χ4v) is 2.51. The van der Waals surface area contributed by atoms with Gasteiger partial charge in [0.05, 0.1) is 5.41 Å². The molecule has 0 aliphatic carbocycles. The summed E-state index contributed by atoms with van der Waals surface area (Å²) in [5.74, 6) is -0.594. The Morgan fingerprint density at radius 1 is 1.25 bits per heavy atom. The van der Waals surface area contributed by atoms with Crippen LogP contribution in [0.1, 0.15) is 25.7 Å². The van der Waals surface area contributed by atoms with Crippen molar-refractivity contribution in [1.82, 2.24) is 15.5 Å². The maximum absolute atomic E-state index is 13.2. The molecular formula is C14H15F2N3O. The summed E-state index contributed by atoms with van der Waals surface area (Å²) < 4.78 is 31.7. The largest absolute Gasteiger partial charge is 0.338 e. The van der Waals surface area contributed by atoms with Gasteiger partial charge < -0.3 is 9.84 Å². The zero-order valence-electron chi connectivity index (χ0n) is 11.1. The van der Waals surface area contributed by atoms with Gasteiger partial charge >= 0.3 is 0 Å². The summed E-state index contributed by atoms with van der Waals surface area (Å²) in [6, 6.07) is 3.20. The third-order valence-corrected chi connectivity index (χ3v) is 3.66. The molecule has 1 saturated heterocycles. The number of aromatic nitrogens is 2. The molecule has 2 aromatic rings. The third kappa shape index (κ3) is 2.43. The minimum absolute atomic E-state index is 0.213. The second-order valence-corrected chi connectivity index (χ2v) is 5.42. The lowest BCUT2D eigenvalue weighted by Crippen LogP contribution is -2.41. The Morgan fingerprint density at radius 3 is 2.65 bits per heavy atom. The molecule has 1 aliphatic heterocycles. The Morgan fingerprint density at radius 2 is 2.00 bits per heavy atom. The molecule has 2 heterocycles. The van der Waals surface area contributed by atoms with E-state index in [0.29, 0.717) is 5.89 Å². The van der Waals surface area contributed by atoms with E-state index in [4.69, 9.17) is 4.52 Å². The Bertz CT molecular complexity index is 600. The molecule has 4 nitrogen and oxygen atoms in total. The highest BCUT2D eigenvalue weighted by Gasteiger charge is 2.34. The van der Waals surface area contributed by atoms with Crippen LogP contribution in [0.5, 0.6) is 0 Å². The summed E-state index contributed by atoms with van der Waals surface area (Å²) in [5, 5.41) is 7.14. The van der Waals surface area contributed by atoms with Crippen LogP contribution in [0.4, 0.5) is 8.78 Å². The van der Waals surface area contributed by atoms with E-state index < -0.39 is 11.6 Å². The Balaban J connectivity index is 1.93. The minimum atomic E-state index is -0.656. The molecule has 1 atom stereocenters. The van der Waals surface area contributed by atoms with Gasteiger partial charge in [-0.05, 0) is 38.4 Å². The molecule has 0 saturated carbocycles. The Kier molecular flexibility index (Phi) is 3.25. The van der Waals surface area contributed by atoms with Gasteiger partial charge in [-0.2, -0.15) is 4.98 Å². The predicted octanol–water partition coefficient (Wildman–Crippen LogP) is 2.66. The monoisotopic (exact) mass is 279 g/mol. The van der Waals surface area contributed by atoms with Crippen LogP contribution in [-0.2, 0) is 5.41 Å². The van der Waals surface area contributed by atoms with E-state index in [9.17, 15) is 8.78 Å². The fraction of sp³-hybridized carbons (Fsp3) is 0.429. The van der Waals surface area contributed by atoms with Gasteiger partial charge in [0, 0.05) is 18.2 Å². The van der Waals surface area contributed by atoms with Crippen molar-refractivity contribution in [1.29, 1.82) is 0 Å². The van der Waals surface area contributed by atoms with Gasteiger partial charge in [-0.15, -0.1) is 0 Å². The number of piperidine rings is 1. The molecule has 0 bridgehead atoms. The van der Waals surface area contributed by atoms with E-state index in [-0.39, 0.29) is 16.8 Å². The first kappa shape index (κ1) is 13.2. The molecule has 6 heteroatoms. The molecule has 1 N–H and O–H groups in total. The fourth-order valence-electron chi connectivity index (χ4n) is 2.51. The summed E-state index contributed by atoms with van der Waals surface area (Å²) in [7, 11) is 0. The molecular weight excluding hydrogens is 264 g/mol. The standard InChI is InChI=1S/C14H15F2N3O/c1-14(3-2-4-17-8-14)13-18-12(19-20-13)9-5-10(15)7-11(16)6-9/h5-7,17H,2-4,8H2,1H3. The number of hydrogen-bond acceptors (Lipinski definition) is 4. The van der Waals surface area contributed by atoms with Crippen molar-refractivity contribution in [2.45, 2.75) is 25.2 Å². The first-order chi connectivity index (χ1) is 9.57. The first-order valence-corrected chi connectivity index (χ1v) is 6.58. The van der Waals surface area contributed by atoms with Crippen molar-refractivity contribution in [3.8, 4) is 11.4 Å². The van der Waals surface area contributed by atoms with E-state index >= 15 is 0 Å². The number of rotatable bonds is 2. The molecule has 1 aromatic heterocycles. The summed E-state index contributed by atoms with van der Waals surface area (Å²) in [4.78, 5) is 4.31. The van der Waals surface area contributed by atoms with Crippen LogP contribution in [0, 0.1) is 11.6 Å². The molecule has 0 amide bonds. The Hall–Kier alpha value is -1.82. The van der Waals surface area contributed by atoms with Crippen molar-refractivity contribution in [3.05, 3.63) is 35.7 Å². The van der Waals surface area contributed by atoms with Crippen LogP contribution in [0.15, 0.2) is 22.7 Å². The van der Waals surface area contributed by atoms with E-state index in [1.54, 1.807) is 0 Å². The third-order valence-electron chi connectivity index (χ3n) is 3.66. The van der Waals surface area contributed by atoms with Crippen LogP contribution in [-0.4, -0.2) is 23.2 Å². The summed E-state index contributed by atoms with van der Waals surface area (Å²) in [6.07, 6.45) is 1.97. The van der Waals surface area contributed by atoms with E-state index in [1.807, 2.05) is 6.92 Å². The van der Waals surface area contributed by atoms with Gasteiger partial charge in [0.15, 0.2) is 0 Å². The van der Waals surface area contributed by atoms with Gasteiger partial charge in [-0.3, -0.25) is 0 Å². The lowest BCUT2D eigenvalue weighted by atomic mass is 9.83. The molecule has 0 radical (unpaired) electrons. The second-order valence-electron chi connectivity index (χ2n) is 5.42. The van der Waals surface area contributed by atoms with Gasteiger partial charge in [0.25, 0.3) is 0 Å². The molecule has 3 rings (SSSR count). The number of hydrogen-bond donors (Lipinski definition) is 1. The smallest absolute Gasteiger partial charge is 0.234 e. The molecule has 1 aliphatic rings. The minimum Gasteiger partial charge on any atom is -0.338 e. The number of nitrogens with one attached hydrogen (secondary N) is 1. The average molecular weight is 279 g/mol. The lowest BCUT2D eigenvalue weighted by Gasteiger charge is -2.30. The highest BCUT2D eigenvalue weighted by molar-refractivity contribution is 5.54. The van der Waals surface area contributed by atoms with Gasteiger partial charge in [0.2, 0.25) is 11.7 Å². The van der Waals surface area contributed by atoms with Crippen LogP contribution in [0.25, 0.3) is 11.4 Å². The predicted molar refractivity (Wildman–Crippen MR) is 69.1 cm³/mol.